The van der Waals surface area contributed by atoms with Gasteiger partial charge in [0.1, 0.15) is 0 Å². The van der Waals surface area contributed by atoms with Gasteiger partial charge in [0.25, 0.3) is 0 Å². The first-order valence-electron chi connectivity index (χ1n) is 6.27. The van der Waals surface area contributed by atoms with Crippen molar-refractivity contribution in [2.24, 2.45) is 5.92 Å². The monoisotopic (exact) mass is 225 g/mol. The molecule has 1 aliphatic heterocycles. The van der Waals surface area contributed by atoms with Crippen LogP contribution >= 0.6 is 0 Å². The summed E-state index contributed by atoms with van der Waals surface area (Å²) >= 11 is 0. The fraction of sp³-hybridized carbons (Fsp3) is 0.769. The Balaban J connectivity index is 1.92. The highest BCUT2D eigenvalue weighted by Gasteiger charge is 2.14. The highest BCUT2D eigenvalue weighted by molar-refractivity contribution is 5.68. The molecule has 92 valence electrons. The lowest BCUT2D eigenvalue weighted by Gasteiger charge is -2.15. The third-order valence-corrected chi connectivity index (χ3v) is 2.73. The van der Waals surface area contributed by atoms with E-state index in [1.165, 1.54) is 12.8 Å². The van der Waals surface area contributed by atoms with Gasteiger partial charge in [-0.3, -0.25) is 0 Å². The number of amides is 1. The van der Waals surface area contributed by atoms with Crippen LogP contribution in [0.3, 0.4) is 0 Å². The van der Waals surface area contributed by atoms with Gasteiger partial charge in [0.15, 0.2) is 0 Å². The summed E-state index contributed by atoms with van der Waals surface area (Å²) in [5, 5.41) is 0. The van der Waals surface area contributed by atoms with Crippen molar-refractivity contribution in [3.8, 4) is 0 Å². The van der Waals surface area contributed by atoms with E-state index in [0.717, 1.165) is 18.8 Å². The Morgan fingerprint density at radius 1 is 1.25 bits per heavy atom. The molecule has 0 fully saturated rings. The van der Waals surface area contributed by atoms with Gasteiger partial charge < -0.3 is 9.64 Å². The average Bonchev–Trinajstić information content (AvgIpc) is 2.75. The molecule has 1 aliphatic rings. The Bertz CT molecular complexity index is 228. The highest BCUT2D eigenvalue weighted by atomic mass is 16.6. The van der Waals surface area contributed by atoms with Crippen LogP contribution in [0.4, 0.5) is 4.79 Å². The van der Waals surface area contributed by atoms with Crippen molar-refractivity contribution >= 4 is 6.09 Å². The maximum absolute atomic E-state index is 11.4. The van der Waals surface area contributed by atoms with Gasteiger partial charge in [-0.25, -0.2) is 4.79 Å². The molecule has 0 spiro atoms. The Labute approximate surface area is 98.5 Å². The van der Waals surface area contributed by atoms with Gasteiger partial charge in [-0.15, -0.1) is 0 Å². The van der Waals surface area contributed by atoms with E-state index >= 15 is 0 Å². The smallest absolute Gasteiger partial charge is 0.410 e. The molecule has 0 saturated heterocycles. The van der Waals surface area contributed by atoms with Crippen LogP contribution in [0.5, 0.6) is 0 Å². The molecular weight excluding hydrogens is 202 g/mol. The standard InChI is InChI=1S/C13H23NO2/c1-12(2)8-4-3-7-11-16-13(15)14-9-5-6-10-14/h5-6,12H,3-4,7-11H2,1-2H3. The third-order valence-electron chi connectivity index (χ3n) is 2.73. The maximum Gasteiger partial charge on any atom is 0.410 e. The topological polar surface area (TPSA) is 29.5 Å². The molecule has 3 heteroatoms. The molecular formula is C13H23NO2. The van der Waals surface area contributed by atoms with Gasteiger partial charge >= 0.3 is 6.09 Å². The summed E-state index contributed by atoms with van der Waals surface area (Å²) in [5.41, 5.74) is 0. The summed E-state index contributed by atoms with van der Waals surface area (Å²) in [6, 6.07) is 0. The van der Waals surface area contributed by atoms with Gasteiger partial charge in [-0.2, -0.15) is 0 Å². The van der Waals surface area contributed by atoms with Crippen LogP contribution in [0.15, 0.2) is 12.2 Å². The number of carbonyl (C=O) groups excluding carboxylic acids is 1. The van der Waals surface area contributed by atoms with Crippen LogP contribution < -0.4 is 0 Å². The predicted molar refractivity (Wildman–Crippen MR) is 65.4 cm³/mol. The molecule has 0 aromatic carbocycles. The van der Waals surface area contributed by atoms with Crippen molar-refractivity contribution in [3.05, 3.63) is 12.2 Å². The number of hydrogen-bond donors (Lipinski definition) is 0. The quantitative estimate of drug-likeness (QED) is 0.513. The van der Waals surface area contributed by atoms with E-state index in [9.17, 15) is 4.79 Å². The molecule has 1 rings (SSSR count). The lowest BCUT2D eigenvalue weighted by Crippen LogP contribution is -2.29. The van der Waals surface area contributed by atoms with Crippen molar-refractivity contribution in [2.75, 3.05) is 19.7 Å². The number of carbonyl (C=O) groups is 1. The van der Waals surface area contributed by atoms with Crippen molar-refractivity contribution in [2.45, 2.75) is 39.5 Å². The van der Waals surface area contributed by atoms with E-state index in [1.54, 1.807) is 4.90 Å². The fourth-order valence-corrected chi connectivity index (χ4v) is 1.71. The molecule has 0 aromatic heterocycles. The lowest BCUT2D eigenvalue weighted by atomic mass is 10.1. The zero-order valence-corrected chi connectivity index (χ0v) is 10.4. The second-order valence-corrected chi connectivity index (χ2v) is 4.73. The van der Waals surface area contributed by atoms with E-state index in [2.05, 4.69) is 13.8 Å². The Morgan fingerprint density at radius 3 is 2.56 bits per heavy atom. The fourth-order valence-electron chi connectivity index (χ4n) is 1.71. The molecule has 0 aliphatic carbocycles. The average molecular weight is 225 g/mol. The number of rotatable bonds is 6. The zero-order chi connectivity index (χ0) is 11.8. The summed E-state index contributed by atoms with van der Waals surface area (Å²) in [7, 11) is 0. The predicted octanol–water partition coefficient (Wildman–Crippen LogP) is 3.21. The molecule has 0 bridgehead atoms. The molecule has 0 atom stereocenters. The van der Waals surface area contributed by atoms with Crippen LogP contribution in [-0.2, 0) is 4.74 Å². The van der Waals surface area contributed by atoms with Gasteiger partial charge in [0.05, 0.1) is 6.61 Å². The second-order valence-electron chi connectivity index (χ2n) is 4.73. The lowest BCUT2D eigenvalue weighted by molar-refractivity contribution is 0.110. The van der Waals surface area contributed by atoms with Crippen molar-refractivity contribution in [1.82, 2.24) is 4.90 Å². The Morgan fingerprint density at radius 2 is 1.94 bits per heavy atom. The summed E-state index contributed by atoms with van der Waals surface area (Å²) in [6.45, 7) is 6.44. The van der Waals surface area contributed by atoms with Crippen LogP contribution in [0, 0.1) is 5.92 Å². The highest BCUT2D eigenvalue weighted by Crippen LogP contribution is 2.08. The minimum absolute atomic E-state index is 0.172. The first-order valence-corrected chi connectivity index (χ1v) is 6.27. The molecule has 0 unspecified atom stereocenters. The van der Waals surface area contributed by atoms with Gasteiger partial charge in [-0.1, -0.05) is 45.3 Å². The minimum Gasteiger partial charge on any atom is -0.449 e. The van der Waals surface area contributed by atoms with Crippen LogP contribution in [0.2, 0.25) is 0 Å². The first kappa shape index (κ1) is 13.1. The summed E-state index contributed by atoms with van der Waals surface area (Å²) in [6.07, 6.45) is 8.45. The van der Waals surface area contributed by atoms with Crippen molar-refractivity contribution < 1.29 is 9.53 Å². The molecule has 0 radical (unpaired) electrons. The second kappa shape index (κ2) is 7.31. The summed E-state index contributed by atoms with van der Waals surface area (Å²) in [5.74, 6) is 0.776. The normalized spacial score (nSPS) is 14.8. The first-order chi connectivity index (χ1) is 7.70. The third kappa shape index (κ3) is 5.19. The Hall–Kier alpha value is -0.990. The van der Waals surface area contributed by atoms with E-state index < -0.39 is 0 Å². The van der Waals surface area contributed by atoms with E-state index in [1.807, 2.05) is 12.2 Å². The SMILES string of the molecule is CC(C)CCCCCOC(=O)N1CC=CC1. The van der Waals surface area contributed by atoms with Crippen molar-refractivity contribution in [1.29, 1.82) is 0 Å². The molecule has 0 N–H and O–H groups in total. The van der Waals surface area contributed by atoms with Gasteiger partial charge in [0.2, 0.25) is 0 Å². The van der Waals surface area contributed by atoms with E-state index in [4.69, 9.17) is 4.74 Å². The molecule has 0 saturated carbocycles. The summed E-state index contributed by atoms with van der Waals surface area (Å²) < 4.78 is 5.18. The largest absolute Gasteiger partial charge is 0.449 e. The summed E-state index contributed by atoms with van der Waals surface area (Å²) in [4.78, 5) is 13.2. The molecule has 16 heavy (non-hydrogen) atoms. The van der Waals surface area contributed by atoms with Gasteiger partial charge in [-0.05, 0) is 12.3 Å². The minimum atomic E-state index is -0.172. The zero-order valence-electron chi connectivity index (χ0n) is 10.4. The number of hydrogen-bond acceptors (Lipinski definition) is 2. The number of ether oxygens (including phenoxy) is 1. The van der Waals surface area contributed by atoms with Crippen LogP contribution in [0.1, 0.15) is 39.5 Å². The molecule has 0 aromatic rings. The molecule has 1 amide bonds. The number of unbranched alkanes of at least 4 members (excludes halogenated alkanes) is 2. The van der Waals surface area contributed by atoms with Crippen LogP contribution in [0.25, 0.3) is 0 Å². The van der Waals surface area contributed by atoms with E-state index in [0.29, 0.717) is 19.7 Å². The van der Waals surface area contributed by atoms with Crippen LogP contribution in [-0.4, -0.2) is 30.7 Å². The molecule has 3 nitrogen and oxygen atoms in total. The van der Waals surface area contributed by atoms with Crippen molar-refractivity contribution in [3.63, 3.8) is 0 Å². The van der Waals surface area contributed by atoms with Gasteiger partial charge in [0, 0.05) is 13.1 Å². The number of nitrogens with zero attached hydrogens (tertiary/aromatic N) is 1. The Kier molecular flexibility index (Phi) is 5.98. The molecule has 1 heterocycles. The van der Waals surface area contributed by atoms with E-state index in [-0.39, 0.29) is 6.09 Å². The maximum atomic E-state index is 11.4.